The van der Waals surface area contributed by atoms with Gasteiger partial charge in [0.1, 0.15) is 0 Å². The zero-order chi connectivity index (χ0) is 13.0. The van der Waals surface area contributed by atoms with Gasteiger partial charge in [-0.1, -0.05) is 0 Å². The fourth-order valence-electron chi connectivity index (χ4n) is 2.92. The Hall–Kier alpha value is -1.12. The molecule has 0 aliphatic carbocycles. The summed E-state index contributed by atoms with van der Waals surface area (Å²) in [5.74, 6) is 0.847. The number of piperidine rings is 1. The van der Waals surface area contributed by atoms with Crippen molar-refractivity contribution in [3.8, 4) is 6.07 Å². The molecule has 2 aliphatic rings. The third kappa shape index (κ3) is 3.21. The second-order valence-corrected chi connectivity index (χ2v) is 5.38. The smallest absolute Gasteiger partial charge is 0.236 e. The predicted octanol–water partition coefficient (Wildman–Crippen LogP) is 0.0423. The summed E-state index contributed by atoms with van der Waals surface area (Å²) in [5, 5.41) is 12.1. The van der Waals surface area contributed by atoms with E-state index in [0.29, 0.717) is 25.6 Å². The maximum atomic E-state index is 12.0. The summed E-state index contributed by atoms with van der Waals surface area (Å²) in [4.78, 5) is 15.9. The summed E-state index contributed by atoms with van der Waals surface area (Å²) in [6.07, 6.45) is 2.95. The van der Waals surface area contributed by atoms with Gasteiger partial charge in [0.2, 0.25) is 5.91 Å². The van der Waals surface area contributed by atoms with Crippen molar-refractivity contribution in [1.29, 1.82) is 5.26 Å². The van der Waals surface area contributed by atoms with E-state index >= 15 is 0 Å². The Morgan fingerprint density at radius 2 is 2.39 bits per heavy atom. The van der Waals surface area contributed by atoms with Crippen molar-refractivity contribution in [2.75, 3.05) is 39.8 Å². The highest BCUT2D eigenvalue weighted by Gasteiger charge is 2.34. The summed E-state index contributed by atoms with van der Waals surface area (Å²) < 4.78 is 0. The van der Waals surface area contributed by atoms with Crippen molar-refractivity contribution in [2.24, 2.45) is 5.92 Å². The first-order valence-corrected chi connectivity index (χ1v) is 6.77. The highest BCUT2D eigenvalue weighted by molar-refractivity contribution is 5.78. The molecule has 0 radical (unpaired) electrons. The number of rotatable bonds is 4. The molecule has 5 nitrogen and oxygen atoms in total. The molecule has 2 fully saturated rings. The van der Waals surface area contributed by atoms with Crippen LogP contribution in [0.15, 0.2) is 0 Å². The molecule has 0 aromatic heterocycles. The van der Waals surface area contributed by atoms with Crippen LogP contribution in [0.25, 0.3) is 0 Å². The molecule has 0 aromatic carbocycles. The predicted molar refractivity (Wildman–Crippen MR) is 68.8 cm³/mol. The highest BCUT2D eigenvalue weighted by atomic mass is 16.2. The number of hydrogen-bond acceptors (Lipinski definition) is 4. The fraction of sp³-hybridized carbons (Fsp3) is 0.846. The molecule has 5 heteroatoms. The first kappa shape index (κ1) is 13.3. The number of fused-ring (bicyclic) bond motifs is 1. The quantitative estimate of drug-likeness (QED) is 0.765. The Morgan fingerprint density at radius 1 is 1.56 bits per heavy atom. The van der Waals surface area contributed by atoms with Gasteiger partial charge in [-0.3, -0.25) is 9.69 Å². The fourth-order valence-corrected chi connectivity index (χ4v) is 2.92. The van der Waals surface area contributed by atoms with Crippen molar-refractivity contribution in [2.45, 2.75) is 25.3 Å². The topological polar surface area (TPSA) is 59.4 Å². The van der Waals surface area contributed by atoms with Crippen LogP contribution in [-0.4, -0.2) is 61.5 Å². The number of nitrogens with zero attached hydrogens (tertiary/aromatic N) is 3. The van der Waals surface area contributed by atoms with E-state index in [1.165, 1.54) is 12.8 Å². The van der Waals surface area contributed by atoms with E-state index < -0.39 is 0 Å². The molecule has 0 aromatic rings. The standard InChI is InChI=1S/C13H22N4O/c1-16(7-3-5-14)13(18)10-17-8-11-4-2-6-15-12(11)9-17/h11-12,15H,2-4,6-10H2,1H3. The molecular formula is C13H22N4O. The summed E-state index contributed by atoms with van der Waals surface area (Å²) in [5.41, 5.74) is 0. The number of carbonyl (C=O) groups excluding carboxylic acids is 1. The molecule has 2 heterocycles. The van der Waals surface area contributed by atoms with Crippen LogP contribution in [0.3, 0.4) is 0 Å². The van der Waals surface area contributed by atoms with Gasteiger partial charge >= 0.3 is 0 Å². The van der Waals surface area contributed by atoms with Crippen LogP contribution in [0, 0.1) is 17.2 Å². The van der Waals surface area contributed by atoms with Gasteiger partial charge < -0.3 is 10.2 Å². The first-order chi connectivity index (χ1) is 8.70. The van der Waals surface area contributed by atoms with E-state index in [0.717, 1.165) is 25.6 Å². The lowest BCUT2D eigenvalue weighted by molar-refractivity contribution is -0.130. The van der Waals surface area contributed by atoms with Crippen LogP contribution < -0.4 is 5.32 Å². The van der Waals surface area contributed by atoms with E-state index in [-0.39, 0.29) is 5.91 Å². The summed E-state index contributed by atoms with van der Waals surface area (Å²) >= 11 is 0. The molecule has 0 saturated carbocycles. The SMILES string of the molecule is CN(CCC#N)C(=O)CN1CC2CCCNC2C1. The van der Waals surface area contributed by atoms with Crippen LogP contribution in [0.1, 0.15) is 19.3 Å². The number of likely N-dealkylation sites (tertiary alicyclic amines) is 1. The first-order valence-electron chi connectivity index (χ1n) is 6.77. The van der Waals surface area contributed by atoms with Gasteiger partial charge in [-0.05, 0) is 25.3 Å². The number of nitriles is 1. The van der Waals surface area contributed by atoms with Gasteiger partial charge in [0.15, 0.2) is 0 Å². The third-order valence-corrected chi connectivity index (χ3v) is 4.02. The van der Waals surface area contributed by atoms with Crippen LogP contribution in [0.2, 0.25) is 0 Å². The van der Waals surface area contributed by atoms with Gasteiger partial charge in [0.25, 0.3) is 0 Å². The van der Waals surface area contributed by atoms with Gasteiger partial charge in [0.05, 0.1) is 19.0 Å². The third-order valence-electron chi connectivity index (χ3n) is 4.02. The normalized spacial score (nSPS) is 27.6. The largest absolute Gasteiger partial charge is 0.344 e. The minimum absolute atomic E-state index is 0.129. The van der Waals surface area contributed by atoms with Crippen molar-refractivity contribution in [3.05, 3.63) is 0 Å². The summed E-state index contributed by atoms with van der Waals surface area (Å²) in [7, 11) is 1.78. The second-order valence-electron chi connectivity index (χ2n) is 5.38. The van der Waals surface area contributed by atoms with Crippen molar-refractivity contribution in [1.82, 2.24) is 15.1 Å². The highest BCUT2D eigenvalue weighted by Crippen LogP contribution is 2.24. The molecule has 2 aliphatic heterocycles. The van der Waals surface area contributed by atoms with E-state index in [1.807, 2.05) is 0 Å². The Bertz CT molecular complexity index is 324. The molecule has 0 spiro atoms. The second kappa shape index (κ2) is 6.17. The molecule has 0 bridgehead atoms. The molecule has 2 unspecified atom stereocenters. The number of amides is 1. The Kier molecular flexibility index (Phi) is 4.56. The minimum Gasteiger partial charge on any atom is -0.344 e. The number of hydrogen-bond donors (Lipinski definition) is 1. The maximum absolute atomic E-state index is 12.0. The Labute approximate surface area is 109 Å². The molecule has 1 amide bonds. The molecule has 100 valence electrons. The number of likely N-dealkylation sites (N-methyl/N-ethyl adjacent to an activating group) is 1. The van der Waals surface area contributed by atoms with E-state index in [9.17, 15) is 4.79 Å². The van der Waals surface area contributed by atoms with E-state index in [4.69, 9.17) is 5.26 Å². The zero-order valence-corrected chi connectivity index (χ0v) is 11.1. The molecular weight excluding hydrogens is 228 g/mol. The Balaban J connectivity index is 1.76. The summed E-state index contributed by atoms with van der Waals surface area (Å²) in [6.45, 7) is 4.17. The van der Waals surface area contributed by atoms with Crippen LogP contribution >= 0.6 is 0 Å². The molecule has 18 heavy (non-hydrogen) atoms. The monoisotopic (exact) mass is 250 g/mol. The molecule has 2 atom stereocenters. The van der Waals surface area contributed by atoms with Crippen molar-refractivity contribution in [3.63, 3.8) is 0 Å². The van der Waals surface area contributed by atoms with Crippen LogP contribution in [-0.2, 0) is 4.79 Å². The Morgan fingerprint density at radius 3 is 3.11 bits per heavy atom. The van der Waals surface area contributed by atoms with Crippen molar-refractivity contribution >= 4 is 5.91 Å². The summed E-state index contributed by atoms with van der Waals surface area (Å²) in [6, 6.07) is 2.65. The lowest BCUT2D eigenvalue weighted by atomic mass is 9.94. The zero-order valence-electron chi connectivity index (χ0n) is 11.1. The average Bonchev–Trinajstić information content (AvgIpc) is 2.77. The van der Waals surface area contributed by atoms with Gasteiger partial charge in [-0.15, -0.1) is 0 Å². The number of carbonyl (C=O) groups is 1. The van der Waals surface area contributed by atoms with E-state index in [1.54, 1.807) is 11.9 Å². The van der Waals surface area contributed by atoms with E-state index in [2.05, 4.69) is 16.3 Å². The molecule has 2 rings (SSSR count). The minimum atomic E-state index is 0.129. The van der Waals surface area contributed by atoms with Gasteiger partial charge in [-0.2, -0.15) is 5.26 Å². The average molecular weight is 250 g/mol. The lowest BCUT2D eigenvalue weighted by Crippen LogP contribution is -2.41. The number of nitrogens with one attached hydrogen (secondary N) is 1. The van der Waals surface area contributed by atoms with Gasteiger partial charge in [-0.25, -0.2) is 0 Å². The maximum Gasteiger partial charge on any atom is 0.236 e. The van der Waals surface area contributed by atoms with Crippen LogP contribution in [0.4, 0.5) is 0 Å². The van der Waals surface area contributed by atoms with Crippen LogP contribution in [0.5, 0.6) is 0 Å². The van der Waals surface area contributed by atoms with Gasteiger partial charge in [0, 0.05) is 32.7 Å². The lowest BCUT2D eigenvalue weighted by Gasteiger charge is -2.24. The molecule has 1 N–H and O–H groups in total. The molecule has 2 saturated heterocycles. The van der Waals surface area contributed by atoms with Crippen molar-refractivity contribution < 1.29 is 4.79 Å².